The predicted molar refractivity (Wildman–Crippen MR) is 136 cm³/mol. The molecule has 3 aromatic rings. The summed E-state index contributed by atoms with van der Waals surface area (Å²) in [5.41, 5.74) is 1.62. The van der Waals surface area contributed by atoms with Crippen LogP contribution in [0.2, 0.25) is 5.02 Å². The average molecular weight is 533 g/mol. The lowest BCUT2D eigenvalue weighted by molar-refractivity contribution is -0.120. The van der Waals surface area contributed by atoms with Crippen molar-refractivity contribution < 1.29 is 22.5 Å². The summed E-state index contributed by atoms with van der Waals surface area (Å²) in [6, 6.07) is 11.9. The number of nitrogens with one attached hydrogen (secondary N) is 1. The molecule has 0 saturated carbocycles. The first kappa shape index (κ1) is 26.1. The fraction of sp³-hybridized carbons (Fsp3) is 0.400. The maximum atomic E-state index is 13.3. The maximum Gasteiger partial charge on any atom is 0.246 e. The minimum atomic E-state index is -3.88. The number of piperidine rings is 1. The molecule has 11 heteroatoms. The van der Waals surface area contributed by atoms with E-state index in [1.54, 1.807) is 6.07 Å². The summed E-state index contributed by atoms with van der Waals surface area (Å²) in [5.74, 6) is 0.892. The van der Waals surface area contributed by atoms with Crippen LogP contribution in [-0.2, 0) is 21.2 Å². The molecule has 9 nitrogen and oxygen atoms in total. The molecular formula is C25H29ClN4O5S. The summed E-state index contributed by atoms with van der Waals surface area (Å²) in [7, 11) is -2.47. The SMILES string of the molecule is COc1ccc(Cl)cc1S(=O)(=O)N1CCC[C@@H](C(=O)Nc2ccc(Cc3noc(C(C)C)n3)cc2)C1. The summed E-state index contributed by atoms with van der Waals surface area (Å²) in [4.78, 5) is 17.4. The van der Waals surface area contributed by atoms with Crippen LogP contribution in [0.1, 0.15) is 49.9 Å². The van der Waals surface area contributed by atoms with E-state index in [1.807, 2.05) is 38.1 Å². The van der Waals surface area contributed by atoms with E-state index in [4.69, 9.17) is 20.9 Å². The highest BCUT2D eigenvalue weighted by molar-refractivity contribution is 7.89. The minimum Gasteiger partial charge on any atom is -0.495 e. The first-order valence-electron chi connectivity index (χ1n) is 11.7. The van der Waals surface area contributed by atoms with Gasteiger partial charge >= 0.3 is 0 Å². The van der Waals surface area contributed by atoms with Gasteiger partial charge in [0.05, 0.1) is 13.0 Å². The molecule has 1 aliphatic rings. The van der Waals surface area contributed by atoms with Gasteiger partial charge in [0.25, 0.3) is 0 Å². The Morgan fingerprint density at radius 2 is 2.00 bits per heavy atom. The zero-order valence-corrected chi connectivity index (χ0v) is 22.0. The van der Waals surface area contributed by atoms with Gasteiger partial charge < -0.3 is 14.6 Å². The highest BCUT2D eigenvalue weighted by atomic mass is 35.5. The second-order valence-electron chi connectivity index (χ2n) is 9.06. The molecule has 1 fully saturated rings. The Bertz CT molecular complexity index is 1320. The Labute approximate surface area is 215 Å². The van der Waals surface area contributed by atoms with Crippen LogP contribution in [0.15, 0.2) is 51.9 Å². The molecule has 0 bridgehead atoms. The number of carbonyl (C=O) groups is 1. The van der Waals surface area contributed by atoms with Gasteiger partial charge in [0.15, 0.2) is 5.82 Å². The van der Waals surface area contributed by atoms with Gasteiger partial charge in [-0.05, 0) is 48.7 Å². The molecule has 192 valence electrons. The molecule has 0 spiro atoms. The van der Waals surface area contributed by atoms with Crippen molar-refractivity contribution in [3.05, 3.63) is 64.8 Å². The van der Waals surface area contributed by atoms with Crippen LogP contribution in [0.25, 0.3) is 0 Å². The quantitative estimate of drug-likeness (QED) is 0.454. The molecule has 36 heavy (non-hydrogen) atoms. The van der Waals surface area contributed by atoms with Crippen LogP contribution in [-0.4, -0.2) is 49.0 Å². The Hall–Kier alpha value is -2.95. The molecule has 1 saturated heterocycles. The monoisotopic (exact) mass is 532 g/mol. The van der Waals surface area contributed by atoms with Crippen LogP contribution >= 0.6 is 11.6 Å². The van der Waals surface area contributed by atoms with E-state index >= 15 is 0 Å². The molecule has 4 rings (SSSR count). The largest absolute Gasteiger partial charge is 0.495 e. The van der Waals surface area contributed by atoms with Crippen molar-refractivity contribution in [3.8, 4) is 5.75 Å². The van der Waals surface area contributed by atoms with Crippen molar-refractivity contribution >= 4 is 33.2 Å². The fourth-order valence-electron chi connectivity index (χ4n) is 4.07. The van der Waals surface area contributed by atoms with Crippen molar-refractivity contribution in [2.75, 3.05) is 25.5 Å². The summed E-state index contributed by atoms with van der Waals surface area (Å²) >= 11 is 6.04. The number of hydrogen-bond donors (Lipinski definition) is 1. The van der Waals surface area contributed by atoms with Gasteiger partial charge in [-0.2, -0.15) is 9.29 Å². The Kier molecular flexibility index (Phi) is 7.97. The normalized spacial score (nSPS) is 16.8. The van der Waals surface area contributed by atoms with E-state index in [1.165, 1.54) is 23.5 Å². The van der Waals surface area contributed by atoms with Crippen LogP contribution in [0.5, 0.6) is 5.75 Å². The van der Waals surface area contributed by atoms with Gasteiger partial charge in [-0.25, -0.2) is 8.42 Å². The highest BCUT2D eigenvalue weighted by Gasteiger charge is 2.35. The summed E-state index contributed by atoms with van der Waals surface area (Å²) in [6.45, 7) is 4.39. The molecule has 2 heterocycles. The topological polar surface area (TPSA) is 115 Å². The fourth-order valence-corrected chi connectivity index (χ4v) is 6.01. The number of amides is 1. The summed E-state index contributed by atoms with van der Waals surface area (Å²) in [5, 5.41) is 7.21. The maximum absolute atomic E-state index is 13.3. The molecule has 1 atom stereocenters. The lowest BCUT2D eigenvalue weighted by Gasteiger charge is -2.31. The third-order valence-corrected chi connectivity index (χ3v) is 8.18. The minimum absolute atomic E-state index is 0.00346. The number of sulfonamides is 1. The zero-order valence-electron chi connectivity index (χ0n) is 20.4. The van der Waals surface area contributed by atoms with Crippen LogP contribution in [0, 0.1) is 5.92 Å². The molecule has 1 aromatic heterocycles. The molecular weight excluding hydrogens is 504 g/mol. The van der Waals surface area contributed by atoms with Crippen LogP contribution < -0.4 is 10.1 Å². The van der Waals surface area contributed by atoms with Crippen molar-refractivity contribution in [2.45, 2.75) is 43.9 Å². The first-order valence-corrected chi connectivity index (χ1v) is 13.5. The number of carbonyl (C=O) groups excluding carboxylic acids is 1. The number of aromatic nitrogens is 2. The number of ether oxygens (including phenoxy) is 1. The molecule has 0 radical (unpaired) electrons. The van der Waals surface area contributed by atoms with Gasteiger partial charge in [0.1, 0.15) is 10.6 Å². The second-order valence-corrected chi connectivity index (χ2v) is 11.4. The Morgan fingerprint density at radius 1 is 1.25 bits per heavy atom. The molecule has 2 aromatic carbocycles. The van der Waals surface area contributed by atoms with Gasteiger partial charge in [0.2, 0.25) is 21.8 Å². The van der Waals surface area contributed by atoms with Crippen molar-refractivity contribution in [2.24, 2.45) is 5.92 Å². The van der Waals surface area contributed by atoms with Gasteiger partial charge in [0, 0.05) is 36.1 Å². The summed E-state index contributed by atoms with van der Waals surface area (Å²) in [6.07, 6.45) is 1.69. The number of rotatable bonds is 8. The van der Waals surface area contributed by atoms with E-state index in [0.29, 0.717) is 48.2 Å². The first-order chi connectivity index (χ1) is 17.2. The van der Waals surface area contributed by atoms with Crippen LogP contribution in [0.3, 0.4) is 0 Å². The zero-order chi connectivity index (χ0) is 25.9. The number of halogens is 1. The molecule has 1 amide bonds. The van der Waals surface area contributed by atoms with Crippen molar-refractivity contribution in [3.63, 3.8) is 0 Å². The van der Waals surface area contributed by atoms with Gasteiger partial charge in [-0.3, -0.25) is 4.79 Å². The third kappa shape index (κ3) is 5.88. The Balaban J connectivity index is 1.40. The van der Waals surface area contributed by atoms with Gasteiger partial charge in [-0.1, -0.05) is 42.7 Å². The van der Waals surface area contributed by atoms with E-state index in [9.17, 15) is 13.2 Å². The standard InChI is InChI=1S/C25H29ClN4O5S/c1-16(2)25-28-23(29-35-25)13-17-6-9-20(10-7-17)27-24(31)18-5-4-12-30(15-18)36(32,33)22-14-19(26)8-11-21(22)34-3/h6-11,14,16,18H,4-5,12-13,15H2,1-3H3,(H,27,31)/t18-/m1/s1. The average Bonchev–Trinajstić information content (AvgIpc) is 3.34. The lowest BCUT2D eigenvalue weighted by Crippen LogP contribution is -2.43. The number of anilines is 1. The van der Waals surface area contributed by atoms with E-state index in [0.717, 1.165) is 5.56 Å². The van der Waals surface area contributed by atoms with E-state index in [2.05, 4.69) is 15.5 Å². The van der Waals surface area contributed by atoms with Crippen molar-refractivity contribution in [1.82, 2.24) is 14.4 Å². The van der Waals surface area contributed by atoms with Crippen LogP contribution in [0.4, 0.5) is 5.69 Å². The molecule has 0 unspecified atom stereocenters. The number of nitrogens with zero attached hydrogens (tertiary/aromatic N) is 3. The lowest BCUT2D eigenvalue weighted by atomic mass is 9.98. The van der Waals surface area contributed by atoms with Crippen molar-refractivity contribution in [1.29, 1.82) is 0 Å². The smallest absolute Gasteiger partial charge is 0.246 e. The van der Waals surface area contributed by atoms with E-state index in [-0.39, 0.29) is 29.0 Å². The molecule has 1 aliphatic heterocycles. The van der Waals surface area contributed by atoms with Gasteiger partial charge in [-0.15, -0.1) is 0 Å². The highest BCUT2D eigenvalue weighted by Crippen LogP contribution is 2.32. The number of hydrogen-bond acceptors (Lipinski definition) is 7. The third-order valence-electron chi connectivity index (χ3n) is 6.06. The summed E-state index contributed by atoms with van der Waals surface area (Å²) < 4.78 is 38.4. The Morgan fingerprint density at radius 3 is 2.67 bits per heavy atom. The molecule has 0 aliphatic carbocycles. The van der Waals surface area contributed by atoms with E-state index < -0.39 is 15.9 Å². The number of benzene rings is 2. The number of methoxy groups -OCH3 is 1. The second kappa shape index (κ2) is 11.0. The molecule has 1 N–H and O–H groups in total. The predicted octanol–water partition coefficient (Wildman–Crippen LogP) is 4.49.